The zero-order valence-electron chi connectivity index (χ0n) is 9.62. The Morgan fingerprint density at radius 2 is 2.06 bits per heavy atom. The lowest BCUT2D eigenvalue weighted by Crippen LogP contribution is -2.39. The van der Waals surface area contributed by atoms with Crippen LogP contribution in [-0.4, -0.2) is 25.7 Å². The highest BCUT2D eigenvalue weighted by atomic mass is 16.2. The predicted molar refractivity (Wildman–Crippen MR) is 65.3 cm³/mol. The van der Waals surface area contributed by atoms with E-state index in [2.05, 4.69) is 35.8 Å². The molecule has 0 saturated carbocycles. The first-order valence-electron chi connectivity index (χ1n) is 5.49. The standard InChI is InChI=1S/C12H19N3O/c1-10-3-2-4-11(9-10)5-7-14-12(16)15-8-6-13/h2-4,9H,5-8,13H2,1H3,(H2,14,15,16). The third-order valence-electron chi connectivity index (χ3n) is 2.21. The number of amides is 2. The number of nitrogens with one attached hydrogen (secondary N) is 2. The van der Waals surface area contributed by atoms with E-state index in [4.69, 9.17) is 5.73 Å². The Hall–Kier alpha value is -1.55. The molecule has 0 aliphatic heterocycles. The van der Waals surface area contributed by atoms with Crippen LogP contribution in [0.1, 0.15) is 11.1 Å². The summed E-state index contributed by atoms with van der Waals surface area (Å²) in [6, 6.07) is 8.12. The molecule has 4 nitrogen and oxygen atoms in total. The van der Waals surface area contributed by atoms with Gasteiger partial charge in [0, 0.05) is 19.6 Å². The van der Waals surface area contributed by atoms with Crippen molar-refractivity contribution in [3.63, 3.8) is 0 Å². The van der Waals surface area contributed by atoms with Crippen molar-refractivity contribution in [3.8, 4) is 0 Å². The van der Waals surface area contributed by atoms with Gasteiger partial charge in [-0.2, -0.15) is 0 Å². The zero-order chi connectivity index (χ0) is 11.8. The molecule has 0 aromatic heterocycles. The van der Waals surface area contributed by atoms with Gasteiger partial charge in [0.15, 0.2) is 0 Å². The van der Waals surface area contributed by atoms with Gasteiger partial charge in [-0.05, 0) is 18.9 Å². The largest absolute Gasteiger partial charge is 0.338 e. The number of carbonyl (C=O) groups excluding carboxylic acids is 1. The van der Waals surface area contributed by atoms with Gasteiger partial charge >= 0.3 is 6.03 Å². The predicted octanol–water partition coefficient (Wildman–Crippen LogP) is 0.795. The third kappa shape index (κ3) is 4.79. The minimum absolute atomic E-state index is 0.155. The molecule has 1 aromatic rings. The second-order valence-corrected chi connectivity index (χ2v) is 3.71. The molecule has 0 aliphatic carbocycles. The molecule has 0 saturated heterocycles. The van der Waals surface area contributed by atoms with E-state index in [1.165, 1.54) is 11.1 Å². The van der Waals surface area contributed by atoms with Gasteiger partial charge in [-0.3, -0.25) is 0 Å². The van der Waals surface area contributed by atoms with Crippen molar-refractivity contribution in [2.45, 2.75) is 13.3 Å². The molecule has 0 atom stereocenters. The molecule has 0 heterocycles. The van der Waals surface area contributed by atoms with Crippen molar-refractivity contribution in [2.75, 3.05) is 19.6 Å². The second-order valence-electron chi connectivity index (χ2n) is 3.71. The van der Waals surface area contributed by atoms with Crippen molar-refractivity contribution in [1.82, 2.24) is 10.6 Å². The fourth-order valence-electron chi connectivity index (χ4n) is 1.44. The Labute approximate surface area is 96.2 Å². The number of aryl methyl sites for hydroxylation is 1. The smallest absolute Gasteiger partial charge is 0.314 e. The highest BCUT2D eigenvalue weighted by Gasteiger charge is 1.98. The highest BCUT2D eigenvalue weighted by molar-refractivity contribution is 5.73. The number of nitrogens with two attached hydrogens (primary N) is 1. The summed E-state index contributed by atoms with van der Waals surface area (Å²) in [5.74, 6) is 0. The molecule has 1 aromatic carbocycles. The number of hydrogen-bond acceptors (Lipinski definition) is 2. The first-order valence-corrected chi connectivity index (χ1v) is 5.49. The molecule has 0 fully saturated rings. The van der Waals surface area contributed by atoms with Crippen LogP contribution in [0, 0.1) is 6.92 Å². The van der Waals surface area contributed by atoms with Gasteiger partial charge in [-0.1, -0.05) is 29.8 Å². The van der Waals surface area contributed by atoms with E-state index in [9.17, 15) is 4.79 Å². The van der Waals surface area contributed by atoms with Crippen molar-refractivity contribution in [3.05, 3.63) is 35.4 Å². The van der Waals surface area contributed by atoms with Crippen molar-refractivity contribution in [2.24, 2.45) is 5.73 Å². The molecule has 2 amide bonds. The van der Waals surface area contributed by atoms with Crippen LogP contribution in [-0.2, 0) is 6.42 Å². The van der Waals surface area contributed by atoms with E-state index < -0.39 is 0 Å². The molecule has 4 heteroatoms. The van der Waals surface area contributed by atoms with E-state index >= 15 is 0 Å². The number of benzene rings is 1. The fraction of sp³-hybridized carbons (Fsp3) is 0.417. The van der Waals surface area contributed by atoms with Crippen molar-refractivity contribution < 1.29 is 4.79 Å². The number of carbonyl (C=O) groups is 1. The third-order valence-corrected chi connectivity index (χ3v) is 2.21. The maximum atomic E-state index is 11.2. The lowest BCUT2D eigenvalue weighted by molar-refractivity contribution is 0.241. The minimum Gasteiger partial charge on any atom is -0.338 e. The maximum absolute atomic E-state index is 11.2. The van der Waals surface area contributed by atoms with Crippen LogP contribution in [0.15, 0.2) is 24.3 Å². The molecule has 1 rings (SSSR count). The SMILES string of the molecule is Cc1cccc(CCNC(=O)NCCN)c1. The van der Waals surface area contributed by atoms with Crippen LogP contribution in [0.4, 0.5) is 4.79 Å². The summed E-state index contributed by atoms with van der Waals surface area (Å²) >= 11 is 0. The summed E-state index contributed by atoms with van der Waals surface area (Å²) < 4.78 is 0. The number of urea groups is 1. The van der Waals surface area contributed by atoms with E-state index in [-0.39, 0.29) is 6.03 Å². The van der Waals surface area contributed by atoms with Crippen LogP contribution in [0.2, 0.25) is 0 Å². The van der Waals surface area contributed by atoms with Crippen LogP contribution >= 0.6 is 0 Å². The average Bonchev–Trinajstić information content (AvgIpc) is 2.26. The molecule has 0 bridgehead atoms. The highest BCUT2D eigenvalue weighted by Crippen LogP contribution is 2.03. The molecule has 0 radical (unpaired) electrons. The molecule has 0 unspecified atom stereocenters. The van der Waals surface area contributed by atoms with E-state index in [1.54, 1.807) is 0 Å². The van der Waals surface area contributed by atoms with Crippen molar-refractivity contribution >= 4 is 6.03 Å². The Kier molecular flexibility index (Phi) is 5.36. The molecule has 88 valence electrons. The molecule has 4 N–H and O–H groups in total. The molecule has 0 spiro atoms. The van der Waals surface area contributed by atoms with Gasteiger partial charge in [-0.15, -0.1) is 0 Å². The molecule has 16 heavy (non-hydrogen) atoms. The van der Waals surface area contributed by atoms with Gasteiger partial charge in [0.05, 0.1) is 0 Å². The van der Waals surface area contributed by atoms with Gasteiger partial charge in [0.2, 0.25) is 0 Å². The summed E-state index contributed by atoms with van der Waals surface area (Å²) in [6.07, 6.45) is 0.845. The van der Waals surface area contributed by atoms with Crippen LogP contribution in [0.3, 0.4) is 0 Å². The lowest BCUT2D eigenvalue weighted by atomic mass is 10.1. The van der Waals surface area contributed by atoms with Gasteiger partial charge in [-0.25, -0.2) is 4.79 Å². The van der Waals surface area contributed by atoms with Gasteiger partial charge < -0.3 is 16.4 Å². The molecular weight excluding hydrogens is 202 g/mol. The summed E-state index contributed by atoms with van der Waals surface area (Å²) in [7, 11) is 0. The zero-order valence-corrected chi connectivity index (χ0v) is 9.62. The summed E-state index contributed by atoms with van der Waals surface area (Å²) in [4.78, 5) is 11.2. The number of hydrogen-bond donors (Lipinski definition) is 3. The van der Waals surface area contributed by atoms with Crippen LogP contribution in [0.25, 0.3) is 0 Å². The normalized spacial score (nSPS) is 9.88. The monoisotopic (exact) mass is 221 g/mol. The van der Waals surface area contributed by atoms with E-state index in [0.29, 0.717) is 19.6 Å². The minimum atomic E-state index is -0.155. The van der Waals surface area contributed by atoms with Crippen molar-refractivity contribution in [1.29, 1.82) is 0 Å². The Bertz CT molecular complexity index is 339. The summed E-state index contributed by atoms with van der Waals surface area (Å²) in [5.41, 5.74) is 7.75. The maximum Gasteiger partial charge on any atom is 0.314 e. The van der Waals surface area contributed by atoms with Gasteiger partial charge in [0.1, 0.15) is 0 Å². The Morgan fingerprint density at radius 1 is 1.31 bits per heavy atom. The summed E-state index contributed by atoms with van der Waals surface area (Å²) in [5, 5.41) is 5.43. The molecule has 0 aliphatic rings. The summed E-state index contributed by atoms with van der Waals surface area (Å²) in [6.45, 7) is 3.67. The topological polar surface area (TPSA) is 67.2 Å². The fourth-order valence-corrected chi connectivity index (χ4v) is 1.44. The Morgan fingerprint density at radius 3 is 2.75 bits per heavy atom. The second kappa shape index (κ2) is 6.85. The van der Waals surface area contributed by atoms with Gasteiger partial charge in [0.25, 0.3) is 0 Å². The van der Waals surface area contributed by atoms with E-state index in [0.717, 1.165) is 6.42 Å². The Balaban J connectivity index is 2.22. The van der Waals surface area contributed by atoms with Crippen LogP contribution < -0.4 is 16.4 Å². The number of rotatable bonds is 5. The lowest BCUT2D eigenvalue weighted by Gasteiger charge is -2.06. The quantitative estimate of drug-likeness (QED) is 0.688. The molecular formula is C12H19N3O. The van der Waals surface area contributed by atoms with E-state index in [1.807, 2.05) is 6.07 Å². The van der Waals surface area contributed by atoms with Crippen LogP contribution in [0.5, 0.6) is 0 Å². The average molecular weight is 221 g/mol. The first-order chi connectivity index (χ1) is 7.72. The first kappa shape index (κ1) is 12.5.